The molecule has 2 nitrogen and oxygen atoms in total. The van der Waals surface area contributed by atoms with Crippen molar-refractivity contribution >= 4 is 27.5 Å². The molecule has 0 aliphatic carbocycles. The highest BCUT2D eigenvalue weighted by molar-refractivity contribution is 9.10. The van der Waals surface area contributed by atoms with Gasteiger partial charge < -0.3 is 10.5 Å². The number of halogens is 3. The van der Waals surface area contributed by atoms with E-state index in [1.54, 1.807) is 13.2 Å². The van der Waals surface area contributed by atoms with E-state index in [1.165, 1.54) is 12.1 Å². The van der Waals surface area contributed by atoms with Crippen molar-refractivity contribution in [2.24, 2.45) is 5.73 Å². The number of ether oxygens (including phenoxy) is 1. The predicted molar refractivity (Wildman–Crippen MR) is 82.7 cm³/mol. The van der Waals surface area contributed by atoms with E-state index in [0.717, 1.165) is 21.3 Å². The zero-order chi connectivity index (χ0) is 14.7. The van der Waals surface area contributed by atoms with Gasteiger partial charge >= 0.3 is 0 Å². The summed E-state index contributed by atoms with van der Waals surface area (Å²) in [5.74, 6) is 0.403. The molecule has 0 bridgehead atoms. The molecule has 2 aromatic carbocycles. The van der Waals surface area contributed by atoms with Crippen molar-refractivity contribution in [1.82, 2.24) is 0 Å². The van der Waals surface area contributed by atoms with Crippen molar-refractivity contribution < 1.29 is 9.13 Å². The number of hydrogen-bond donors (Lipinski definition) is 1. The number of hydrogen-bond acceptors (Lipinski definition) is 2. The minimum absolute atomic E-state index is 0.222. The van der Waals surface area contributed by atoms with Gasteiger partial charge in [-0.05, 0) is 57.7 Å². The van der Waals surface area contributed by atoms with Gasteiger partial charge in [-0.1, -0.05) is 23.7 Å². The molecule has 0 fully saturated rings. The number of nitrogens with two attached hydrogens (primary N) is 1. The van der Waals surface area contributed by atoms with Crippen molar-refractivity contribution in [3.05, 3.63) is 62.8 Å². The van der Waals surface area contributed by atoms with Crippen LogP contribution in [0.25, 0.3) is 0 Å². The molecule has 0 radical (unpaired) electrons. The molecule has 0 aliphatic rings. The second-order valence-electron chi connectivity index (χ2n) is 4.44. The third-order valence-corrected chi connectivity index (χ3v) is 4.03. The SMILES string of the molecule is COc1ccc(C(N)Cc2ccc(F)cc2Cl)cc1Br. The lowest BCUT2D eigenvalue weighted by atomic mass is 9.99. The highest BCUT2D eigenvalue weighted by atomic mass is 79.9. The van der Waals surface area contributed by atoms with E-state index in [9.17, 15) is 4.39 Å². The van der Waals surface area contributed by atoms with Crippen molar-refractivity contribution in [1.29, 1.82) is 0 Å². The summed E-state index contributed by atoms with van der Waals surface area (Å²) >= 11 is 9.44. The third-order valence-electron chi connectivity index (χ3n) is 3.06. The lowest BCUT2D eigenvalue weighted by Crippen LogP contribution is -2.13. The predicted octanol–water partition coefficient (Wildman–Crippen LogP) is 4.49. The monoisotopic (exact) mass is 357 g/mol. The fourth-order valence-corrected chi connectivity index (χ4v) is 2.76. The van der Waals surface area contributed by atoms with E-state index in [2.05, 4.69) is 15.9 Å². The van der Waals surface area contributed by atoms with Crippen LogP contribution < -0.4 is 10.5 Å². The molecule has 5 heteroatoms. The summed E-state index contributed by atoms with van der Waals surface area (Å²) in [4.78, 5) is 0. The molecule has 2 rings (SSSR count). The Bertz CT molecular complexity index is 621. The molecule has 0 saturated heterocycles. The number of methoxy groups -OCH3 is 1. The molecule has 1 atom stereocenters. The second-order valence-corrected chi connectivity index (χ2v) is 5.70. The van der Waals surface area contributed by atoms with Crippen molar-refractivity contribution in [3.8, 4) is 5.75 Å². The van der Waals surface area contributed by atoms with Gasteiger partial charge in [0, 0.05) is 11.1 Å². The molecule has 2 N–H and O–H groups in total. The lowest BCUT2D eigenvalue weighted by molar-refractivity contribution is 0.412. The zero-order valence-electron chi connectivity index (χ0n) is 10.9. The molecule has 0 amide bonds. The average Bonchev–Trinajstić information content (AvgIpc) is 2.41. The van der Waals surface area contributed by atoms with Crippen LogP contribution in [0.2, 0.25) is 5.02 Å². The first-order valence-corrected chi connectivity index (χ1v) is 7.21. The maximum atomic E-state index is 13.0. The first-order valence-electron chi connectivity index (χ1n) is 6.04. The van der Waals surface area contributed by atoms with Gasteiger partial charge in [-0.2, -0.15) is 0 Å². The minimum Gasteiger partial charge on any atom is -0.496 e. The third kappa shape index (κ3) is 3.51. The van der Waals surface area contributed by atoms with E-state index in [1.807, 2.05) is 18.2 Å². The van der Waals surface area contributed by atoms with E-state index < -0.39 is 0 Å². The summed E-state index contributed by atoms with van der Waals surface area (Å²) in [5.41, 5.74) is 7.96. The van der Waals surface area contributed by atoms with Crippen LogP contribution in [0.1, 0.15) is 17.2 Å². The van der Waals surface area contributed by atoms with E-state index in [4.69, 9.17) is 22.1 Å². The molecule has 20 heavy (non-hydrogen) atoms. The van der Waals surface area contributed by atoms with Gasteiger partial charge in [-0.3, -0.25) is 0 Å². The van der Waals surface area contributed by atoms with Gasteiger partial charge in [-0.25, -0.2) is 4.39 Å². The molecule has 0 heterocycles. The van der Waals surface area contributed by atoms with Crippen molar-refractivity contribution in [3.63, 3.8) is 0 Å². The van der Waals surface area contributed by atoms with Gasteiger partial charge in [0.25, 0.3) is 0 Å². The Labute approximate surface area is 130 Å². The summed E-state index contributed by atoms with van der Waals surface area (Å²) in [6, 6.07) is 9.81. The molecule has 0 spiro atoms. The lowest BCUT2D eigenvalue weighted by Gasteiger charge is -2.14. The standard InChI is InChI=1S/C15H14BrClFNO/c1-20-15-5-3-10(6-12(15)16)14(19)7-9-2-4-11(18)8-13(9)17/h2-6,8,14H,7,19H2,1H3. The quantitative estimate of drug-likeness (QED) is 0.874. The summed E-state index contributed by atoms with van der Waals surface area (Å²) in [5, 5.41) is 0.396. The Morgan fingerprint density at radius 1 is 1.30 bits per heavy atom. The van der Waals surface area contributed by atoms with Crippen LogP contribution in [-0.4, -0.2) is 7.11 Å². The van der Waals surface area contributed by atoms with Crippen LogP contribution in [0.15, 0.2) is 40.9 Å². The van der Waals surface area contributed by atoms with Gasteiger partial charge in [0.15, 0.2) is 0 Å². The zero-order valence-corrected chi connectivity index (χ0v) is 13.2. The van der Waals surface area contributed by atoms with E-state index in [0.29, 0.717) is 11.4 Å². The molecule has 0 aliphatic heterocycles. The van der Waals surface area contributed by atoms with E-state index in [-0.39, 0.29) is 11.9 Å². The van der Waals surface area contributed by atoms with Gasteiger partial charge in [0.2, 0.25) is 0 Å². The summed E-state index contributed by atoms with van der Waals surface area (Å²) in [6.45, 7) is 0. The second kappa shape index (κ2) is 6.57. The van der Waals surface area contributed by atoms with Crippen LogP contribution in [0, 0.1) is 5.82 Å². The topological polar surface area (TPSA) is 35.2 Å². The van der Waals surface area contributed by atoms with Crippen molar-refractivity contribution in [2.45, 2.75) is 12.5 Å². The van der Waals surface area contributed by atoms with Gasteiger partial charge in [0.05, 0.1) is 11.6 Å². The van der Waals surface area contributed by atoms with Crippen LogP contribution in [0.4, 0.5) is 4.39 Å². The molecule has 1 unspecified atom stereocenters. The molecule has 2 aromatic rings. The van der Waals surface area contributed by atoms with Gasteiger partial charge in [-0.15, -0.1) is 0 Å². The average molecular weight is 359 g/mol. The first-order chi connectivity index (χ1) is 9.51. The van der Waals surface area contributed by atoms with Crippen molar-refractivity contribution in [2.75, 3.05) is 7.11 Å². The van der Waals surface area contributed by atoms with Crippen LogP contribution in [0.3, 0.4) is 0 Å². The Kier molecular flexibility index (Phi) is 5.02. The van der Waals surface area contributed by atoms with Gasteiger partial charge in [0.1, 0.15) is 11.6 Å². The van der Waals surface area contributed by atoms with Crippen LogP contribution in [-0.2, 0) is 6.42 Å². The highest BCUT2D eigenvalue weighted by Gasteiger charge is 2.12. The molecular formula is C15H14BrClFNO. The molecule has 106 valence electrons. The Hall–Kier alpha value is -1.10. The normalized spacial score (nSPS) is 12.2. The summed E-state index contributed by atoms with van der Waals surface area (Å²) in [6.07, 6.45) is 0.540. The van der Waals surface area contributed by atoms with Crippen LogP contribution >= 0.6 is 27.5 Å². The largest absolute Gasteiger partial charge is 0.496 e. The molecule has 0 saturated carbocycles. The maximum absolute atomic E-state index is 13.0. The number of benzene rings is 2. The smallest absolute Gasteiger partial charge is 0.133 e. The maximum Gasteiger partial charge on any atom is 0.133 e. The molecular weight excluding hydrogens is 345 g/mol. The highest BCUT2D eigenvalue weighted by Crippen LogP contribution is 2.29. The first kappa shape index (κ1) is 15.3. The Balaban J connectivity index is 2.19. The van der Waals surface area contributed by atoms with E-state index >= 15 is 0 Å². The fourth-order valence-electron chi connectivity index (χ4n) is 1.96. The fraction of sp³-hybridized carbons (Fsp3) is 0.200. The summed E-state index contributed by atoms with van der Waals surface area (Å²) in [7, 11) is 1.61. The summed E-state index contributed by atoms with van der Waals surface area (Å²) < 4.78 is 19.0. The Morgan fingerprint density at radius 2 is 2.05 bits per heavy atom. The van der Waals surface area contributed by atoms with Crippen LogP contribution in [0.5, 0.6) is 5.75 Å². The minimum atomic E-state index is -0.348. The molecule has 0 aromatic heterocycles. The number of rotatable bonds is 4. The Morgan fingerprint density at radius 3 is 2.65 bits per heavy atom.